The van der Waals surface area contributed by atoms with Gasteiger partial charge in [-0.3, -0.25) is 14.9 Å². The number of benzene rings is 1. The maximum atomic E-state index is 11.9. The Kier molecular flexibility index (Phi) is 5.22. The number of piperidine rings is 2. The number of carbonyl (C=O) groups is 2. The van der Waals surface area contributed by atoms with E-state index in [0.29, 0.717) is 18.8 Å². The van der Waals surface area contributed by atoms with Crippen molar-refractivity contribution in [2.45, 2.75) is 37.6 Å². The SMILES string of the molecule is O=C1CC[C@H](Nc2cccc(C3CCN(CC4CNC4)CC3)c2)C(=O)N1. The van der Waals surface area contributed by atoms with Crippen LogP contribution in [0.15, 0.2) is 24.3 Å². The molecule has 6 nitrogen and oxygen atoms in total. The molecule has 0 aliphatic carbocycles. The highest BCUT2D eigenvalue weighted by Gasteiger charge is 2.27. The Morgan fingerprint density at radius 2 is 1.92 bits per heavy atom. The fraction of sp³-hybridized carbons (Fsp3) is 0.600. The van der Waals surface area contributed by atoms with Gasteiger partial charge in [0.25, 0.3) is 0 Å². The summed E-state index contributed by atoms with van der Waals surface area (Å²) < 4.78 is 0. The van der Waals surface area contributed by atoms with Crippen LogP contribution in [0.4, 0.5) is 5.69 Å². The molecule has 1 aromatic rings. The van der Waals surface area contributed by atoms with Crippen LogP contribution in [0.25, 0.3) is 0 Å². The lowest BCUT2D eigenvalue weighted by Gasteiger charge is -2.37. The smallest absolute Gasteiger partial charge is 0.249 e. The lowest BCUT2D eigenvalue weighted by atomic mass is 9.88. The molecule has 26 heavy (non-hydrogen) atoms. The minimum absolute atomic E-state index is 0.175. The molecule has 3 saturated heterocycles. The first-order valence-corrected chi connectivity index (χ1v) is 9.80. The van der Waals surface area contributed by atoms with E-state index in [2.05, 4.69) is 39.0 Å². The Hall–Kier alpha value is -1.92. The van der Waals surface area contributed by atoms with Crippen molar-refractivity contribution >= 4 is 17.5 Å². The molecule has 0 bridgehead atoms. The average molecular weight is 356 g/mol. The van der Waals surface area contributed by atoms with E-state index < -0.39 is 0 Å². The van der Waals surface area contributed by atoms with E-state index >= 15 is 0 Å². The van der Waals surface area contributed by atoms with Crippen molar-refractivity contribution in [1.82, 2.24) is 15.5 Å². The van der Waals surface area contributed by atoms with Crippen LogP contribution in [0.5, 0.6) is 0 Å². The molecular weight excluding hydrogens is 328 g/mol. The highest BCUT2D eigenvalue weighted by Crippen LogP contribution is 2.30. The zero-order valence-electron chi connectivity index (χ0n) is 15.2. The van der Waals surface area contributed by atoms with Gasteiger partial charge in [0.2, 0.25) is 11.8 Å². The van der Waals surface area contributed by atoms with Crippen molar-refractivity contribution in [3.63, 3.8) is 0 Å². The number of hydrogen-bond donors (Lipinski definition) is 3. The van der Waals surface area contributed by atoms with Crippen LogP contribution >= 0.6 is 0 Å². The summed E-state index contributed by atoms with van der Waals surface area (Å²) in [7, 11) is 0. The minimum Gasteiger partial charge on any atom is -0.374 e. The summed E-state index contributed by atoms with van der Waals surface area (Å²) in [6.45, 7) is 5.93. The second kappa shape index (κ2) is 7.76. The molecule has 3 N–H and O–H groups in total. The molecule has 140 valence electrons. The molecule has 3 fully saturated rings. The first-order chi connectivity index (χ1) is 12.7. The third-order valence-corrected chi connectivity index (χ3v) is 5.91. The van der Waals surface area contributed by atoms with Crippen molar-refractivity contribution in [1.29, 1.82) is 0 Å². The van der Waals surface area contributed by atoms with Crippen molar-refractivity contribution in [2.24, 2.45) is 5.92 Å². The van der Waals surface area contributed by atoms with Crippen molar-refractivity contribution in [3.8, 4) is 0 Å². The Labute approximate surface area is 154 Å². The van der Waals surface area contributed by atoms with E-state index in [-0.39, 0.29) is 17.9 Å². The lowest BCUT2D eigenvalue weighted by Crippen LogP contribution is -2.49. The molecule has 3 aliphatic heterocycles. The predicted molar refractivity (Wildman–Crippen MR) is 101 cm³/mol. The number of carbonyl (C=O) groups excluding carboxylic acids is 2. The zero-order valence-corrected chi connectivity index (χ0v) is 15.2. The van der Waals surface area contributed by atoms with E-state index in [4.69, 9.17) is 0 Å². The van der Waals surface area contributed by atoms with Crippen molar-refractivity contribution in [3.05, 3.63) is 29.8 Å². The quantitative estimate of drug-likeness (QED) is 0.694. The normalized spacial score (nSPS) is 25.6. The van der Waals surface area contributed by atoms with Gasteiger partial charge in [-0.1, -0.05) is 12.1 Å². The molecule has 0 saturated carbocycles. The van der Waals surface area contributed by atoms with Crippen LogP contribution in [-0.2, 0) is 9.59 Å². The molecule has 0 unspecified atom stereocenters. The fourth-order valence-corrected chi connectivity index (χ4v) is 4.21. The Bertz CT molecular complexity index is 666. The van der Waals surface area contributed by atoms with Crippen LogP contribution in [0.1, 0.15) is 37.2 Å². The molecule has 6 heteroatoms. The van der Waals surface area contributed by atoms with Gasteiger partial charge in [-0.15, -0.1) is 0 Å². The van der Waals surface area contributed by atoms with Gasteiger partial charge >= 0.3 is 0 Å². The van der Waals surface area contributed by atoms with Gasteiger partial charge in [0.15, 0.2) is 0 Å². The number of amides is 2. The molecule has 4 rings (SSSR count). The van der Waals surface area contributed by atoms with Gasteiger partial charge in [0.1, 0.15) is 6.04 Å². The summed E-state index contributed by atoms with van der Waals surface area (Å²) in [6.07, 6.45) is 3.35. The average Bonchev–Trinajstić information content (AvgIpc) is 2.61. The predicted octanol–water partition coefficient (Wildman–Crippen LogP) is 1.30. The first-order valence-electron chi connectivity index (χ1n) is 9.80. The molecule has 1 aromatic carbocycles. The summed E-state index contributed by atoms with van der Waals surface area (Å²) in [4.78, 5) is 25.8. The Morgan fingerprint density at radius 3 is 2.62 bits per heavy atom. The van der Waals surface area contributed by atoms with Crippen LogP contribution in [0.2, 0.25) is 0 Å². The summed E-state index contributed by atoms with van der Waals surface area (Å²) >= 11 is 0. The van der Waals surface area contributed by atoms with Gasteiger partial charge in [0.05, 0.1) is 0 Å². The third-order valence-electron chi connectivity index (χ3n) is 5.91. The maximum absolute atomic E-state index is 11.9. The number of nitrogens with one attached hydrogen (secondary N) is 3. The van der Waals surface area contributed by atoms with Gasteiger partial charge in [-0.05, 0) is 61.9 Å². The first kappa shape index (κ1) is 17.5. The number of likely N-dealkylation sites (tertiary alicyclic amines) is 1. The molecular formula is C20H28N4O2. The fourth-order valence-electron chi connectivity index (χ4n) is 4.21. The molecule has 0 radical (unpaired) electrons. The standard InChI is InChI=1S/C20H28N4O2/c25-19-5-4-18(20(26)23-19)22-17-3-1-2-16(10-17)15-6-8-24(9-7-15)13-14-11-21-12-14/h1-3,10,14-15,18,21-22H,4-9,11-13H2,(H,23,25,26)/t18-/m0/s1. The van der Waals surface area contributed by atoms with Gasteiger partial charge in [-0.2, -0.15) is 0 Å². The van der Waals surface area contributed by atoms with Crippen LogP contribution < -0.4 is 16.0 Å². The topological polar surface area (TPSA) is 73.5 Å². The van der Waals surface area contributed by atoms with Crippen LogP contribution in [-0.4, -0.2) is 55.5 Å². The van der Waals surface area contributed by atoms with Gasteiger partial charge < -0.3 is 15.5 Å². The number of imide groups is 1. The second-order valence-electron chi connectivity index (χ2n) is 7.87. The van der Waals surface area contributed by atoms with E-state index in [9.17, 15) is 9.59 Å². The minimum atomic E-state index is -0.319. The van der Waals surface area contributed by atoms with E-state index in [1.807, 2.05) is 6.07 Å². The van der Waals surface area contributed by atoms with E-state index in [1.165, 1.54) is 51.1 Å². The molecule has 0 aromatic heterocycles. The zero-order chi connectivity index (χ0) is 17.9. The highest BCUT2D eigenvalue weighted by molar-refractivity contribution is 6.01. The van der Waals surface area contributed by atoms with Crippen molar-refractivity contribution in [2.75, 3.05) is 38.0 Å². The molecule has 3 aliphatic rings. The largest absolute Gasteiger partial charge is 0.374 e. The second-order valence-corrected chi connectivity index (χ2v) is 7.87. The van der Waals surface area contributed by atoms with E-state index in [0.717, 1.165) is 11.6 Å². The monoisotopic (exact) mass is 356 g/mol. The molecule has 0 spiro atoms. The lowest BCUT2D eigenvalue weighted by molar-refractivity contribution is -0.133. The molecule has 2 amide bonds. The summed E-state index contributed by atoms with van der Waals surface area (Å²) in [5.74, 6) is 1.04. The van der Waals surface area contributed by atoms with Crippen LogP contribution in [0.3, 0.4) is 0 Å². The van der Waals surface area contributed by atoms with Gasteiger partial charge in [0, 0.05) is 31.7 Å². The number of anilines is 1. The highest BCUT2D eigenvalue weighted by atomic mass is 16.2. The summed E-state index contributed by atoms with van der Waals surface area (Å²) in [5.41, 5.74) is 2.33. The number of hydrogen-bond acceptors (Lipinski definition) is 5. The summed E-state index contributed by atoms with van der Waals surface area (Å²) in [6, 6.07) is 8.13. The van der Waals surface area contributed by atoms with Gasteiger partial charge in [-0.25, -0.2) is 0 Å². The maximum Gasteiger partial charge on any atom is 0.249 e. The van der Waals surface area contributed by atoms with E-state index in [1.54, 1.807) is 0 Å². The molecule has 1 atom stereocenters. The van der Waals surface area contributed by atoms with Crippen LogP contribution in [0, 0.1) is 5.92 Å². The Morgan fingerprint density at radius 1 is 1.12 bits per heavy atom. The number of nitrogens with zero attached hydrogens (tertiary/aromatic N) is 1. The molecule has 3 heterocycles. The number of rotatable bonds is 5. The third kappa shape index (κ3) is 4.07. The Balaban J connectivity index is 1.32. The van der Waals surface area contributed by atoms with Crippen molar-refractivity contribution < 1.29 is 9.59 Å². The summed E-state index contributed by atoms with van der Waals surface area (Å²) in [5, 5.41) is 9.06.